The van der Waals surface area contributed by atoms with E-state index in [1.165, 1.54) is 0 Å². The quantitative estimate of drug-likeness (QED) is 0.352. The zero-order valence-corrected chi connectivity index (χ0v) is 21.7. The third kappa shape index (κ3) is 8.58. The van der Waals surface area contributed by atoms with E-state index in [0.717, 1.165) is 23.8 Å². The van der Waals surface area contributed by atoms with Gasteiger partial charge < -0.3 is 13.7 Å². The Hall–Kier alpha value is -1.69. The van der Waals surface area contributed by atoms with Crippen molar-refractivity contribution >= 4 is 45.2 Å². The van der Waals surface area contributed by atoms with Crippen LogP contribution >= 0.6 is 45.2 Å². The zero-order chi connectivity index (χ0) is 22.3. The molecule has 0 spiro atoms. The SMILES string of the molecule is C.Cc1cc(=O)n(C)cc1I.Cc1ccn(C)c(=O)c1.Cc1ccn(C)c(=O)c1I. The van der Waals surface area contributed by atoms with Crippen molar-refractivity contribution in [1.29, 1.82) is 0 Å². The third-order valence-corrected chi connectivity index (χ3v) is 6.48. The maximum Gasteiger partial charge on any atom is 0.263 e. The molecule has 0 amide bonds. The molecule has 8 heteroatoms. The van der Waals surface area contributed by atoms with E-state index in [0.29, 0.717) is 0 Å². The number of halogens is 2. The summed E-state index contributed by atoms with van der Waals surface area (Å²) >= 11 is 4.27. The van der Waals surface area contributed by atoms with Gasteiger partial charge in [0.05, 0.1) is 3.57 Å². The predicted octanol–water partition coefficient (Wildman–Crippen LogP) is 3.93. The Morgan fingerprint density at radius 2 is 1.27 bits per heavy atom. The average Bonchev–Trinajstić information content (AvgIpc) is 2.66. The van der Waals surface area contributed by atoms with Gasteiger partial charge in [0, 0.05) is 55.4 Å². The normalized spacial score (nSPS) is 9.47. The number of rotatable bonds is 0. The Balaban J connectivity index is 0.000000414. The van der Waals surface area contributed by atoms with Crippen LogP contribution in [0, 0.1) is 27.9 Å². The number of aryl methyl sites for hydroxylation is 6. The van der Waals surface area contributed by atoms with Crippen LogP contribution in [0.25, 0.3) is 0 Å². The molecule has 0 unspecified atom stereocenters. The summed E-state index contributed by atoms with van der Waals surface area (Å²) in [5.74, 6) is 0. The van der Waals surface area contributed by atoms with Gasteiger partial charge in [0.25, 0.3) is 16.7 Å². The number of hydrogen-bond donors (Lipinski definition) is 0. The van der Waals surface area contributed by atoms with Crippen molar-refractivity contribution in [3.8, 4) is 0 Å². The maximum absolute atomic E-state index is 11.1. The molecule has 0 bridgehead atoms. The molecule has 3 aromatic heterocycles. The van der Waals surface area contributed by atoms with Crippen LogP contribution in [0.15, 0.2) is 57.2 Å². The summed E-state index contributed by atoms with van der Waals surface area (Å²) < 4.78 is 6.64. The summed E-state index contributed by atoms with van der Waals surface area (Å²) in [4.78, 5) is 32.9. The van der Waals surface area contributed by atoms with Crippen molar-refractivity contribution in [2.45, 2.75) is 28.2 Å². The van der Waals surface area contributed by atoms with Gasteiger partial charge in [-0.3, -0.25) is 14.4 Å². The molecule has 0 N–H and O–H groups in total. The van der Waals surface area contributed by atoms with Crippen LogP contribution in [0.4, 0.5) is 0 Å². The summed E-state index contributed by atoms with van der Waals surface area (Å²) in [5.41, 5.74) is 3.29. The zero-order valence-electron chi connectivity index (χ0n) is 17.4. The van der Waals surface area contributed by atoms with Gasteiger partial charge >= 0.3 is 0 Å². The fourth-order valence-corrected chi connectivity index (χ4v) is 3.16. The van der Waals surface area contributed by atoms with E-state index in [9.17, 15) is 14.4 Å². The Kier molecular flexibility index (Phi) is 12.2. The van der Waals surface area contributed by atoms with Crippen LogP contribution in [-0.2, 0) is 21.1 Å². The molecule has 3 aromatic rings. The molecule has 0 aliphatic carbocycles. The molecular weight excluding hydrogens is 608 g/mol. The minimum Gasteiger partial charge on any atom is -0.319 e. The van der Waals surface area contributed by atoms with Gasteiger partial charge in [-0.1, -0.05) is 7.43 Å². The van der Waals surface area contributed by atoms with Gasteiger partial charge in [-0.25, -0.2) is 0 Å². The highest BCUT2D eigenvalue weighted by Gasteiger charge is 1.99. The first-order valence-corrected chi connectivity index (χ1v) is 10.9. The number of nitrogens with zero attached hydrogens (tertiary/aromatic N) is 3. The monoisotopic (exact) mass is 637 g/mol. The average molecular weight is 637 g/mol. The lowest BCUT2D eigenvalue weighted by Crippen LogP contribution is -2.19. The minimum atomic E-state index is 0. The molecule has 3 heterocycles. The smallest absolute Gasteiger partial charge is 0.263 e. The molecule has 164 valence electrons. The predicted molar refractivity (Wildman–Crippen MR) is 141 cm³/mol. The molecule has 0 fully saturated rings. The van der Waals surface area contributed by atoms with E-state index in [-0.39, 0.29) is 24.1 Å². The second kappa shape index (κ2) is 12.9. The summed E-state index contributed by atoms with van der Waals surface area (Å²) in [6.45, 7) is 5.77. The highest BCUT2D eigenvalue weighted by atomic mass is 127. The van der Waals surface area contributed by atoms with Gasteiger partial charge in [-0.2, -0.15) is 0 Å². The lowest BCUT2D eigenvalue weighted by molar-refractivity contribution is 0.847. The van der Waals surface area contributed by atoms with Crippen LogP contribution in [0.1, 0.15) is 24.1 Å². The standard InChI is InChI=1S/2C7H8INO.C7H9NO.CH4/c1-5-3-7(10)9(2)4-6(5)8;1-5-3-4-9(2)7(10)6(5)8;1-6-3-4-8(2)7(9)5-6;/h2*3-4H,1-2H3;3-5H,1-2H3;1H4. The van der Waals surface area contributed by atoms with Crippen LogP contribution in [0.2, 0.25) is 0 Å². The van der Waals surface area contributed by atoms with Gasteiger partial charge in [0.15, 0.2) is 0 Å². The van der Waals surface area contributed by atoms with Crippen molar-refractivity contribution in [3.63, 3.8) is 0 Å². The second-order valence-electron chi connectivity index (χ2n) is 6.64. The molecule has 6 nitrogen and oxygen atoms in total. The Bertz CT molecular complexity index is 1160. The van der Waals surface area contributed by atoms with E-state index in [1.54, 1.807) is 59.4 Å². The molecule has 0 aliphatic rings. The van der Waals surface area contributed by atoms with E-state index >= 15 is 0 Å². The molecule has 0 radical (unpaired) electrons. The highest BCUT2D eigenvalue weighted by molar-refractivity contribution is 14.1. The van der Waals surface area contributed by atoms with Crippen LogP contribution in [0.3, 0.4) is 0 Å². The molecule has 0 aliphatic heterocycles. The topological polar surface area (TPSA) is 66.0 Å². The van der Waals surface area contributed by atoms with Crippen LogP contribution in [0.5, 0.6) is 0 Å². The van der Waals surface area contributed by atoms with Crippen LogP contribution < -0.4 is 16.7 Å². The largest absolute Gasteiger partial charge is 0.319 e. The summed E-state index contributed by atoms with van der Waals surface area (Å²) in [5, 5.41) is 0. The molecule has 30 heavy (non-hydrogen) atoms. The van der Waals surface area contributed by atoms with Crippen LogP contribution in [-0.4, -0.2) is 13.7 Å². The maximum atomic E-state index is 11.1. The van der Waals surface area contributed by atoms with E-state index < -0.39 is 0 Å². The Morgan fingerprint density at radius 3 is 1.73 bits per heavy atom. The Labute approximate surface area is 204 Å². The summed E-state index contributed by atoms with van der Waals surface area (Å²) in [6, 6.07) is 7.09. The molecule has 0 aromatic carbocycles. The molecule has 0 saturated carbocycles. The lowest BCUT2D eigenvalue weighted by Gasteiger charge is -1.99. The number of hydrogen-bond acceptors (Lipinski definition) is 3. The van der Waals surface area contributed by atoms with Gasteiger partial charge in [0.2, 0.25) is 0 Å². The van der Waals surface area contributed by atoms with Crippen molar-refractivity contribution in [3.05, 3.63) is 97.7 Å². The van der Waals surface area contributed by atoms with Crippen molar-refractivity contribution in [1.82, 2.24) is 13.7 Å². The Morgan fingerprint density at radius 1 is 0.733 bits per heavy atom. The van der Waals surface area contributed by atoms with Gasteiger partial charge in [0.1, 0.15) is 0 Å². The van der Waals surface area contributed by atoms with Crippen molar-refractivity contribution in [2.24, 2.45) is 21.1 Å². The first-order chi connectivity index (χ1) is 13.4. The van der Waals surface area contributed by atoms with Gasteiger partial charge in [-0.15, -0.1) is 0 Å². The highest BCUT2D eigenvalue weighted by Crippen LogP contribution is 2.06. The first-order valence-electron chi connectivity index (χ1n) is 8.71. The molecule has 3 rings (SSSR count). The number of pyridine rings is 3. The fraction of sp³-hybridized carbons (Fsp3) is 0.318. The molecule has 0 atom stereocenters. The van der Waals surface area contributed by atoms with E-state index in [2.05, 4.69) is 45.2 Å². The van der Waals surface area contributed by atoms with Crippen molar-refractivity contribution < 1.29 is 0 Å². The third-order valence-electron chi connectivity index (χ3n) is 4.03. The summed E-state index contributed by atoms with van der Waals surface area (Å²) in [6.07, 6.45) is 5.37. The van der Waals surface area contributed by atoms with Gasteiger partial charge in [-0.05, 0) is 94.8 Å². The van der Waals surface area contributed by atoms with E-state index in [4.69, 9.17) is 0 Å². The number of aromatic nitrogens is 3. The minimum absolute atomic E-state index is 0. The van der Waals surface area contributed by atoms with Crippen molar-refractivity contribution in [2.75, 3.05) is 0 Å². The fourth-order valence-electron chi connectivity index (χ4n) is 2.03. The molecule has 0 saturated heterocycles. The first kappa shape index (κ1) is 28.3. The molecular formula is C22H29I2N3O3. The second-order valence-corrected chi connectivity index (χ2v) is 8.88. The van der Waals surface area contributed by atoms with E-state index in [1.807, 2.05) is 39.1 Å². The lowest BCUT2D eigenvalue weighted by atomic mass is 10.3. The summed E-state index contributed by atoms with van der Waals surface area (Å²) in [7, 11) is 5.25.